The molecule has 0 fully saturated rings. The number of carbonyl (C=O) groups excluding carboxylic acids is 1. The summed E-state index contributed by atoms with van der Waals surface area (Å²) in [6.45, 7) is 7.00. The van der Waals surface area contributed by atoms with Crippen LogP contribution in [-0.2, 0) is 28.7 Å². The Bertz CT molecular complexity index is 1230. The van der Waals surface area contributed by atoms with E-state index in [4.69, 9.17) is 14.2 Å². The Morgan fingerprint density at radius 2 is 1.78 bits per heavy atom. The zero-order valence-corrected chi connectivity index (χ0v) is 21.1. The van der Waals surface area contributed by atoms with Gasteiger partial charge in [0.2, 0.25) is 0 Å². The minimum absolute atomic E-state index is 0.108. The number of carbonyl (C=O) groups is 1. The van der Waals surface area contributed by atoms with Gasteiger partial charge in [-0.1, -0.05) is 12.1 Å². The van der Waals surface area contributed by atoms with Crippen molar-refractivity contribution >= 4 is 5.97 Å². The van der Waals surface area contributed by atoms with Crippen LogP contribution in [0.5, 0.6) is 11.5 Å². The SMILES string of the molecule is CCOC(=O)C(C)(C)Oc1ccc(OCc2cnc(-c3ccc(C(F)(F)F)cc3)nc2CCO)cc1C. The van der Waals surface area contributed by atoms with Crippen molar-refractivity contribution < 1.29 is 37.3 Å². The fraction of sp³-hybridized carbons (Fsp3) is 0.370. The van der Waals surface area contributed by atoms with Gasteiger partial charge in [-0.05, 0) is 63.6 Å². The van der Waals surface area contributed by atoms with Crippen LogP contribution in [0.15, 0.2) is 48.7 Å². The number of aliphatic hydroxyl groups is 1. The number of aryl methyl sites for hydroxylation is 1. The molecule has 1 aromatic heterocycles. The zero-order valence-electron chi connectivity index (χ0n) is 21.1. The molecule has 0 atom stereocenters. The second-order valence-electron chi connectivity index (χ2n) is 8.76. The highest BCUT2D eigenvalue weighted by Crippen LogP contribution is 2.31. The van der Waals surface area contributed by atoms with Crippen LogP contribution in [0.1, 0.15) is 43.2 Å². The molecule has 3 aromatic rings. The van der Waals surface area contributed by atoms with E-state index in [-0.39, 0.29) is 32.1 Å². The number of alkyl halides is 3. The summed E-state index contributed by atoms with van der Waals surface area (Å²) < 4.78 is 55.3. The average molecular weight is 519 g/mol. The molecule has 0 aliphatic carbocycles. The number of benzene rings is 2. The number of aromatic nitrogens is 2. The first-order chi connectivity index (χ1) is 17.4. The largest absolute Gasteiger partial charge is 0.489 e. The van der Waals surface area contributed by atoms with Crippen LogP contribution in [0.2, 0.25) is 0 Å². The van der Waals surface area contributed by atoms with Crippen LogP contribution < -0.4 is 9.47 Å². The molecule has 0 amide bonds. The lowest BCUT2D eigenvalue weighted by Gasteiger charge is -2.25. The molecule has 0 saturated heterocycles. The summed E-state index contributed by atoms with van der Waals surface area (Å²) in [5, 5.41) is 9.48. The molecule has 10 heteroatoms. The van der Waals surface area contributed by atoms with E-state index in [1.165, 1.54) is 18.3 Å². The van der Waals surface area contributed by atoms with Gasteiger partial charge in [0.1, 0.15) is 18.1 Å². The van der Waals surface area contributed by atoms with Gasteiger partial charge in [-0.3, -0.25) is 0 Å². The smallest absolute Gasteiger partial charge is 0.416 e. The summed E-state index contributed by atoms with van der Waals surface area (Å²) in [7, 11) is 0. The van der Waals surface area contributed by atoms with Crippen LogP contribution in [0.25, 0.3) is 11.4 Å². The number of esters is 1. The second-order valence-corrected chi connectivity index (χ2v) is 8.76. The Hall–Kier alpha value is -3.66. The van der Waals surface area contributed by atoms with Crippen molar-refractivity contribution in [3.63, 3.8) is 0 Å². The minimum atomic E-state index is -4.43. The van der Waals surface area contributed by atoms with E-state index in [9.17, 15) is 23.1 Å². The van der Waals surface area contributed by atoms with Crippen molar-refractivity contribution in [1.29, 1.82) is 0 Å². The maximum absolute atomic E-state index is 12.8. The lowest BCUT2D eigenvalue weighted by Crippen LogP contribution is -2.39. The number of hydrogen-bond acceptors (Lipinski definition) is 7. The number of ether oxygens (including phenoxy) is 3. The van der Waals surface area contributed by atoms with E-state index in [0.717, 1.165) is 17.7 Å². The third-order valence-electron chi connectivity index (χ3n) is 5.45. The average Bonchev–Trinajstić information content (AvgIpc) is 2.84. The van der Waals surface area contributed by atoms with Crippen molar-refractivity contribution in [2.75, 3.05) is 13.2 Å². The Morgan fingerprint density at radius 3 is 2.38 bits per heavy atom. The maximum atomic E-state index is 12.8. The quantitative estimate of drug-likeness (QED) is 0.364. The molecule has 0 saturated carbocycles. The van der Waals surface area contributed by atoms with Crippen LogP contribution in [0.3, 0.4) is 0 Å². The molecule has 0 radical (unpaired) electrons. The molecule has 0 unspecified atom stereocenters. The third kappa shape index (κ3) is 7.19. The van der Waals surface area contributed by atoms with E-state index in [2.05, 4.69) is 9.97 Å². The van der Waals surface area contributed by atoms with Gasteiger partial charge >= 0.3 is 12.1 Å². The van der Waals surface area contributed by atoms with Gasteiger partial charge in [0.15, 0.2) is 11.4 Å². The molecule has 0 aliphatic rings. The molecular weight excluding hydrogens is 489 g/mol. The number of nitrogens with zero attached hydrogens (tertiary/aromatic N) is 2. The van der Waals surface area contributed by atoms with Gasteiger partial charge in [-0.15, -0.1) is 0 Å². The first-order valence-electron chi connectivity index (χ1n) is 11.7. The summed E-state index contributed by atoms with van der Waals surface area (Å²) in [6.07, 6.45) is -2.66. The Balaban J connectivity index is 1.73. The van der Waals surface area contributed by atoms with Gasteiger partial charge < -0.3 is 19.3 Å². The summed E-state index contributed by atoms with van der Waals surface area (Å²) in [5.41, 5.74) is 0.421. The fourth-order valence-corrected chi connectivity index (χ4v) is 3.44. The minimum Gasteiger partial charge on any atom is -0.489 e. The summed E-state index contributed by atoms with van der Waals surface area (Å²) in [4.78, 5) is 20.8. The molecule has 7 nitrogen and oxygen atoms in total. The number of rotatable bonds is 10. The Labute approximate surface area is 213 Å². The van der Waals surface area contributed by atoms with E-state index in [1.54, 1.807) is 39.0 Å². The van der Waals surface area contributed by atoms with Crippen LogP contribution in [-0.4, -0.2) is 39.9 Å². The molecule has 1 heterocycles. The third-order valence-corrected chi connectivity index (χ3v) is 5.45. The van der Waals surface area contributed by atoms with Gasteiger partial charge in [0, 0.05) is 30.4 Å². The van der Waals surface area contributed by atoms with Gasteiger partial charge in [0.05, 0.1) is 17.9 Å². The molecule has 2 aromatic carbocycles. The van der Waals surface area contributed by atoms with Crippen LogP contribution >= 0.6 is 0 Å². The normalized spacial score (nSPS) is 11.8. The Morgan fingerprint density at radius 1 is 1.08 bits per heavy atom. The topological polar surface area (TPSA) is 90.8 Å². The zero-order chi connectivity index (χ0) is 27.2. The Kier molecular flexibility index (Phi) is 8.75. The van der Waals surface area contributed by atoms with Crippen LogP contribution in [0, 0.1) is 6.92 Å². The van der Waals surface area contributed by atoms with Crippen molar-refractivity contribution in [2.24, 2.45) is 0 Å². The molecule has 198 valence electrons. The van der Waals surface area contributed by atoms with Crippen molar-refractivity contribution in [1.82, 2.24) is 9.97 Å². The highest BCUT2D eigenvalue weighted by molar-refractivity contribution is 5.79. The second kappa shape index (κ2) is 11.6. The van der Waals surface area contributed by atoms with Crippen molar-refractivity contribution in [2.45, 2.75) is 52.5 Å². The van der Waals surface area contributed by atoms with Crippen LogP contribution in [0.4, 0.5) is 13.2 Å². The van der Waals surface area contributed by atoms with E-state index >= 15 is 0 Å². The summed E-state index contributed by atoms with van der Waals surface area (Å²) in [5.74, 6) is 0.838. The molecule has 1 N–H and O–H groups in total. The summed E-state index contributed by atoms with van der Waals surface area (Å²) >= 11 is 0. The van der Waals surface area contributed by atoms with E-state index in [0.29, 0.717) is 28.3 Å². The van der Waals surface area contributed by atoms with Crippen molar-refractivity contribution in [3.05, 3.63) is 71.0 Å². The van der Waals surface area contributed by atoms with Gasteiger partial charge in [-0.25, -0.2) is 14.8 Å². The lowest BCUT2D eigenvalue weighted by molar-refractivity contribution is -0.158. The number of hydrogen-bond donors (Lipinski definition) is 1. The molecule has 0 bridgehead atoms. The first kappa shape index (κ1) is 27.9. The summed E-state index contributed by atoms with van der Waals surface area (Å²) in [6, 6.07) is 9.74. The standard InChI is InChI=1S/C27H29F3N2O5/c1-5-35-25(34)26(3,4)37-23-11-10-21(14-17(23)2)36-16-19-15-31-24(32-22(19)12-13-33)18-6-8-20(9-7-18)27(28,29)30/h6-11,14-15,33H,5,12-13,16H2,1-4H3. The van der Waals surface area contributed by atoms with E-state index in [1.807, 2.05) is 6.92 Å². The predicted molar refractivity (Wildman–Crippen MR) is 130 cm³/mol. The van der Waals surface area contributed by atoms with Crippen molar-refractivity contribution in [3.8, 4) is 22.9 Å². The first-order valence-corrected chi connectivity index (χ1v) is 11.7. The predicted octanol–water partition coefficient (Wildman–Crippen LogP) is 5.31. The monoisotopic (exact) mass is 518 g/mol. The van der Waals surface area contributed by atoms with Gasteiger partial charge in [0.25, 0.3) is 0 Å². The number of aliphatic hydroxyl groups excluding tert-OH is 1. The fourth-order valence-electron chi connectivity index (χ4n) is 3.44. The van der Waals surface area contributed by atoms with E-state index < -0.39 is 23.3 Å². The molecule has 0 spiro atoms. The highest BCUT2D eigenvalue weighted by atomic mass is 19.4. The maximum Gasteiger partial charge on any atom is 0.416 e. The molecule has 0 aliphatic heterocycles. The lowest BCUT2D eigenvalue weighted by atomic mass is 10.1. The molecule has 37 heavy (non-hydrogen) atoms. The molecular formula is C27H29F3N2O5. The number of halogens is 3. The highest BCUT2D eigenvalue weighted by Gasteiger charge is 2.32. The molecule has 3 rings (SSSR count). The van der Waals surface area contributed by atoms with Gasteiger partial charge in [-0.2, -0.15) is 13.2 Å².